The summed E-state index contributed by atoms with van der Waals surface area (Å²) < 4.78 is 41.0. The summed E-state index contributed by atoms with van der Waals surface area (Å²) in [4.78, 5) is 4.25. The second-order valence-corrected chi connectivity index (χ2v) is 7.71. The number of rotatable bonds is 3. The van der Waals surface area contributed by atoms with Gasteiger partial charge in [0.15, 0.2) is 5.82 Å². The number of aryl methyl sites for hydroxylation is 2. The quantitative estimate of drug-likeness (QED) is 0.932. The molecule has 0 unspecified atom stereocenters. The molecule has 1 atom stereocenters. The second-order valence-electron chi connectivity index (χ2n) is 5.82. The lowest BCUT2D eigenvalue weighted by molar-refractivity contribution is 0.247. The van der Waals surface area contributed by atoms with E-state index in [4.69, 9.17) is 0 Å². The molecule has 1 N–H and O–H groups in total. The van der Waals surface area contributed by atoms with Crippen LogP contribution >= 0.6 is 0 Å². The van der Waals surface area contributed by atoms with Crippen molar-refractivity contribution in [2.45, 2.75) is 44.0 Å². The summed E-state index contributed by atoms with van der Waals surface area (Å²) in [7, 11) is -3.79. The van der Waals surface area contributed by atoms with Crippen molar-refractivity contribution in [3.05, 3.63) is 41.2 Å². The first-order valence-corrected chi connectivity index (χ1v) is 9.00. The van der Waals surface area contributed by atoms with E-state index in [0.29, 0.717) is 30.2 Å². The molecule has 0 aliphatic carbocycles. The van der Waals surface area contributed by atoms with E-state index in [2.05, 4.69) is 15.2 Å². The summed E-state index contributed by atoms with van der Waals surface area (Å²) in [6.07, 6.45) is 2.34. The van der Waals surface area contributed by atoms with Crippen LogP contribution in [0.25, 0.3) is 0 Å². The summed E-state index contributed by atoms with van der Waals surface area (Å²) in [5.74, 6) is 0.594. The fourth-order valence-electron chi connectivity index (χ4n) is 2.83. The average molecular weight is 338 g/mol. The van der Waals surface area contributed by atoms with Crippen molar-refractivity contribution in [1.82, 2.24) is 19.5 Å². The SMILES string of the molecule is Cc1nc([C@@H]2CCCCN2S(=O)(=O)c2ccc(C)c(F)c2)n[nH]1. The molecule has 3 rings (SSSR count). The van der Waals surface area contributed by atoms with E-state index in [1.165, 1.54) is 16.4 Å². The Morgan fingerprint density at radius 3 is 2.74 bits per heavy atom. The highest BCUT2D eigenvalue weighted by Crippen LogP contribution is 2.34. The van der Waals surface area contributed by atoms with E-state index >= 15 is 0 Å². The predicted octanol–water partition coefficient (Wildman–Crippen LogP) is 2.48. The van der Waals surface area contributed by atoms with Crippen LogP contribution in [0.1, 0.15) is 42.5 Å². The fourth-order valence-corrected chi connectivity index (χ4v) is 4.50. The molecule has 1 aliphatic rings. The number of hydrogen-bond donors (Lipinski definition) is 1. The zero-order valence-corrected chi connectivity index (χ0v) is 13.9. The molecule has 0 saturated carbocycles. The Bertz CT molecular complexity index is 819. The zero-order valence-electron chi connectivity index (χ0n) is 13.1. The van der Waals surface area contributed by atoms with Crippen LogP contribution in [0.2, 0.25) is 0 Å². The van der Waals surface area contributed by atoms with Gasteiger partial charge in [0.2, 0.25) is 10.0 Å². The van der Waals surface area contributed by atoms with Crippen LogP contribution in [-0.2, 0) is 10.0 Å². The molecule has 0 spiro atoms. The Kier molecular flexibility index (Phi) is 4.20. The van der Waals surface area contributed by atoms with Gasteiger partial charge in [-0.3, -0.25) is 5.10 Å². The van der Waals surface area contributed by atoms with Crippen molar-refractivity contribution >= 4 is 10.0 Å². The van der Waals surface area contributed by atoms with Crippen LogP contribution in [0, 0.1) is 19.7 Å². The molecule has 1 aliphatic heterocycles. The Labute approximate surface area is 134 Å². The first kappa shape index (κ1) is 16.1. The summed E-state index contributed by atoms with van der Waals surface area (Å²) in [5.41, 5.74) is 0.420. The molecule has 6 nitrogen and oxygen atoms in total. The number of aromatic nitrogens is 3. The maximum atomic E-state index is 13.8. The maximum Gasteiger partial charge on any atom is 0.243 e. The number of nitrogens with one attached hydrogen (secondary N) is 1. The van der Waals surface area contributed by atoms with Gasteiger partial charge in [0.05, 0.1) is 10.9 Å². The first-order chi connectivity index (χ1) is 10.9. The van der Waals surface area contributed by atoms with Crippen molar-refractivity contribution in [3.63, 3.8) is 0 Å². The third kappa shape index (κ3) is 3.00. The van der Waals surface area contributed by atoms with Gasteiger partial charge in [-0.15, -0.1) is 0 Å². The Morgan fingerprint density at radius 1 is 1.30 bits per heavy atom. The lowest BCUT2D eigenvalue weighted by Gasteiger charge is -2.33. The minimum Gasteiger partial charge on any atom is -0.263 e. The van der Waals surface area contributed by atoms with Crippen molar-refractivity contribution < 1.29 is 12.8 Å². The molecule has 23 heavy (non-hydrogen) atoms. The third-order valence-electron chi connectivity index (χ3n) is 4.12. The van der Waals surface area contributed by atoms with Gasteiger partial charge in [-0.05, 0) is 44.4 Å². The normalized spacial score (nSPS) is 19.9. The van der Waals surface area contributed by atoms with E-state index in [9.17, 15) is 12.8 Å². The number of halogens is 1. The molecule has 1 aromatic heterocycles. The molecule has 2 aromatic rings. The highest BCUT2D eigenvalue weighted by atomic mass is 32.2. The number of benzene rings is 1. The van der Waals surface area contributed by atoms with Gasteiger partial charge in [0.1, 0.15) is 11.6 Å². The van der Waals surface area contributed by atoms with Gasteiger partial charge in [-0.1, -0.05) is 12.5 Å². The second kappa shape index (κ2) is 6.01. The highest BCUT2D eigenvalue weighted by molar-refractivity contribution is 7.89. The van der Waals surface area contributed by atoms with Crippen LogP contribution < -0.4 is 0 Å². The minimum absolute atomic E-state index is 0.0280. The van der Waals surface area contributed by atoms with Crippen molar-refractivity contribution in [2.75, 3.05) is 6.54 Å². The lowest BCUT2D eigenvalue weighted by Crippen LogP contribution is -2.39. The van der Waals surface area contributed by atoms with Crippen LogP contribution in [0.3, 0.4) is 0 Å². The number of hydrogen-bond acceptors (Lipinski definition) is 4. The highest BCUT2D eigenvalue weighted by Gasteiger charge is 2.36. The van der Waals surface area contributed by atoms with Crippen LogP contribution in [-0.4, -0.2) is 34.4 Å². The molecule has 2 heterocycles. The van der Waals surface area contributed by atoms with E-state index < -0.39 is 21.9 Å². The molecule has 1 aromatic carbocycles. The monoisotopic (exact) mass is 338 g/mol. The van der Waals surface area contributed by atoms with Crippen molar-refractivity contribution in [2.24, 2.45) is 0 Å². The minimum atomic E-state index is -3.79. The van der Waals surface area contributed by atoms with Crippen molar-refractivity contribution in [3.8, 4) is 0 Å². The van der Waals surface area contributed by atoms with E-state index in [1.807, 2.05) is 0 Å². The van der Waals surface area contributed by atoms with Gasteiger partial charge >= 0.3 is 0 Å². The number of sulfonamides is 1. The molecule has 0 radical (unpaired) electrons. The van der Waals surface area contributed by atoms with Gasteiger partial charge in [0.25, 0.3) is 0 Å². The lowest BCUT2D eigenvalue weighted by atomic mass is 10.0. The summed E-state index contributed by atoms with van der Waals surface area (Å²) in [6.45, 7) is 3.76. The maximum absolute atomic E-state index is 13.8. The van der Waals surface area contributed by atoms with E-state index in [1.54, 1.807) is 13.8 Å². The van der Waals surface area contributed by atoms with E-state index in [0.717, 1.165) is 18.9 Å². The van der Waals surface area contributed by atoms with Crippen molar-refractivity contribution in [1.29, 1.82) is 0 Å². The fraction of sp³-hybridized carbons (Fsp3) is 0.467. The molecular formula is C15H19FN4O2S. The summed E-state index contributed by atoms with van der Waals surface area (Å²) >= 11 is 0. The summed E-state index contributed by atoms with van der Waals surface area (Å²) in [6, 6.07) is 3.60. The van der Waals surface area contributed by atoms with Gasteiger partial charge in [-0.25, -0.2) is 17.8 Å². The molecule has 0 bridgehead atoms. The zero-order chi connectivity index (χ0) is 16.6. The molecule has 124 valence electrons. The molecule has 8 heteroatoms. The average Bonchev–Trinajstić information content (AvgIpc) is 2.96. The smallest absolute Gasteiger partial charge is 0.243 e. The topological polar surface area (TPSA) is 79.0 Å². The first-order valence-electron chi connectivity index (χ1n) is 7.56. The number of piperidine rings is 1. The molecule has 1 fully saturated rings. The number of nitrogens with zero attached hydrogens (tertiary/aromatic N) is 3. The predicted molar refractivity (Wildman–Crippen MR) is 82.7 cm³/mol. The summed E-state index contributed by atoms with van der Waals surface area (Å²) in [5, 5.41) is 6.86. The largest absolute Gasteiger partial charge is 0.263 e. The van der Waals surface area contributed by atoms with Crippen LogP contribution in [0.15, 0.2) is 23.1 Å². The molecular weight excluding hydrogens is 319 g/mol. The Balaban J connectivity index is 2.00. The Morgan fingerprint density at radius 2 is 2.09 bits per heavy atom. The van der Waals surface area contributed by atoms with Crippen LogP contribution in [0.5, 0.6) is 0 Å². The number of aromatic amines is 1. The van der Waals surface area contributed by atoms with E-state index in [-0.39, 0.29) is 4.90 Å². The number of H-pyrrole nitrogens is 1. The van der Waals surface area contributed by atoms with Gasteiger partial charge in [-0.2, -0.15) is 9.40 Å². The standard InChI is InChI=1S/C15H19FN4O2S/c1-10-6-7-12(9-13(10)16)23(21,22)20-8-4-3-5-14(20)15-17-11(2)18-19-15/h6-7,9,14H,3-5,8H2,1-2H3,(H,17,18,19)/t14-/m0/s1. The Hall–Kier alpha value is -1.80. The van der Waals surface area contributed by atoms with Gasteiger partial charge < -0.3 is 0 Å². The molecule has 0 amide bonds. The molecule has 1 saturated heterocycles. The van der Waals surface area contributed by atoms with Crippen LogP contribution in [0.4, 0.5) is 4.39 Å². The van der Waals surface area contributed by atoms with Gasteiger partial charge in [0, 0.05) is 6.54 Å². The third-order valence-corrected chi connectivity index (χ3v) is 6.02.